The molecular formula is C12H10FN3O5. The van der Waals surface area contributed by atoms with Crippen molar-refractivity contribution in [1.29, 1.82) is 0 Å². The van der Waals surface area contributed by atoms with E-state index in [1.54, 1.807) is 0 Å². The number of carboxylic acid groups (broad SMARTS) is 1. The van der Waals surface area contributed by atoms with Crippen LogP contribution in [0.1, 0.15) is 10.4 Å². The van der Waals surface area contributed by atoms with Crippen LogP contribution in [-0.2, 0) is 11.8 Å². The molecule has 2 aromatic rings. The number of hydrogen-bond acceptors (Lipinski definition) is 5. The summed E-state index contributed by atoms with van der Waals surface area (Å²) in [6, 6.07) is 0.922. The van der Waals surface area contributed by atoms with E-state index >= 15 is 0 Å². The molecule has 21 heavy (non-hydrogen) atoms. The summed E-state index contributed by atoms with van der Waals surface area (Å²) >= 11 is 0. The van der Waals surface area contributed by atoms with Crippen molar-refractivity contribution in [3.8, 4) is 5.75 Å². The molecule has 0 fully saturated rings. The van der Waals surface area contributed by atoms with E-state index in [1.165, 1.54) is 7.05 Å². The number of carbonyl (C=O) groups excluding carboxylic acids is 1. The maximum Gasteiger partial charge on any atom is 0.322 e. The summed E-state index contributed by atoms with van der Waals surface area (Å²) in [5, 5.41) is 20.3. The van der Waals surface area contributed by atoms with Gasteiger partial charge in [-0.25, -0.2) is 9.37 Å². The summed E-state index contributed by atoms with van der Waals surface area (Å²) in [6.45, 7) is -0.721. The highest BCUT2D eigenvalue weighted by molar-refractivity contribution is 6.02. The van der Waals surface area contributed by atoms with Crippen LogP contribution in [0.3, 0.4) is 0 Å². The molecule has 0 unspecified atom stereocenters. The van der Waals surface area contributed by atoms with E-state index < -0.39 is 41.1 Å². The van der Waals surface area contributed by atoms with Gasteiger partial charge in [-0.3, -0.25) is 19.0 Å². The van der Waals surface area contributed by atoms with Crippen LogP contribution in [0, 0.1) is 5.82 Å². The fraction of sp³-hybridized carbons (Fsp3) is 0.167. The number of carbonyl (C=O) groups is 2. The topological polar surface area (TPSA) is 122 Å². The minimum atomic E-state index is -1.31. The number of nitrogens with one attached hydrogen (secondary N) is 1. The predicted molar refractivity (Wildman–Crippen MR) is 68.6 cm³/mol. The number of halogens is 1. The molecule has 2 rings (SSSR count). The zero-order valence-electron chi connectivity index (χ0n) is 10.8. The molecule has 0 bridgehead atoms. The number of aryl methyl sites for hydroxylation is 1. The molecule has 0 aliphatic carbocycles. The molecule has 9 heteroatoms. The van der Waals surface area contributed by atoms with Gasteiger partial charge in [0.25, 0.3) is 11.5 Å². The first kappa shape index (κ1) is 14.4. The van der Waals surface area contributed by atoms with Gasteiger partial charge in [0, 0.05) is 7.05 Å². The van der Waals surface area contributed by atoms with E-state index in [0.29, 0.717) is 0 Å². The summed E-state index contributed by atoms with van der Waals surface area (Å²) in [6.07, 6.45) is 0.866. The molecule has 0 radical (unpaired) electrons. The lowest BCUT2D eigenvalue weighted by Gasteiger charge is -2.10. The molecule has 8 nitrogen and oxygen atoms in total. The highest BCUT2D eigenvalue weighted by atomic mass is 19.1. The van der Waals surface area contributed by atoms with Gasteiger partial charge in [0.2, 0.25) is 0 Å². The number of rotatable bonds is 3. The maximum atomic E-state index is 13.2. The Bertz CT molecular complexity index is 815. The van der Waals surface area contributed by atoms with Crippen molar-refractivity contribution in [2.24, 2.45) is 7.05 Å². The van der Waals surface area contributed by atoms with E-state index in [-0.39, 0.29) is 11.0 Å². The Balaban J connectivity index is 2.66. The largest absolute Gasteiger partial charge is 0.506 e. The smallest absolute Gasteiger partial charge is 0.322 e. The van der Waals surface area contributed by atoms with Crippen LogP contribution in [0.4, 0.5) is 4.39 Å². The van der Waals surface area contributed by atoms with Crippen LogP contribution in [0.25, 0.3) is 11.0 Å². The quantitative estimate of drug-likeness (QED) is 0.708. The summed E-state index contributed by atoms with van der Waals surface area (Å²) < 4.78 is 14.2. The number of aromatic hydroxyl groups is 1. The Morgan fingerprint density at radius 3 is 2.76 bits per heavy atom. The Kier molecular flexibility index (Phi) is 3.57. The molecule has 0 aliphatic heterocycles. The standard InChI is InChI=1S/C12H10FN3O5/c1-16-10-6(2-5(13)3-14-10)9(19)8(12(16)21)11(20)15-4-7(17)18/h2-3,19H,4H2,1H3,(H,15,20)(H,17,18). The van der Waals surface area contributed by atoms with Crippen LogP contribution in [0.5, 0.6) is 5.75 Å². The normalized spacial score (nSPS) is 10.6. The fourth-order valence-corrected chi connectivity index (χ4v) is 1.82. The third-order valence-corrected chi connectivity index (χ3v) is 2.79. The number of hydrogen-bond donors (Lipinski definition) is 3. The highest BCUT2D eigenvalue weighted by Gasteiger charge is 2.22. The zero-order chi connectivity index (χ0) is 15.7. The number of carboxylic acids is 1. The zero-order valence-corrected chi connectivity index (χ0v) is 10.8. The first-order valence-electron chi connectivity index (χ1n) is 5.70. The number of amides is 1. The second-order valence-electron chi connectivity index (χ2n) is 4.19. The molecule has 2 heterocycles. The van der Waals surface area contributed by atoms with Crippen molar-refractivity contribution in [1.82, 2.24) is 14.9 Å². The van der Waals surface area contributed by atoms with E-state index in [2.05, 4.69) is 4.98 Å². The number of aromatic nitrogens is 2. The molecule has 110 valence electrons. The summed E-state index contributed by atoms with van der Waals surface area (Å²) in [7, 11) is 1.29. The van der Waals surface area contributed by atoms with Gasteiger partial charge >= 0.3 is 5.97 Å². The molecule has 3 N–H and O–H groups in total. The van der Waals surface area contributed by atoms with Gasteiger partial charge in [-0.2, -0.15) is 0 Å². The van der Waals surface area contributed by atoms with Gasteiger partial charge < -0.3 is 15.5 Å². The van der Waals surface area contributed by atoms with Crippen LogP contribution in [0.15, 0.2) is 17.1 Å². The Morgan fingerprint density at radius 2 is 2.14 bits per heavy atom. The fourth-order valence-electron chi connectivity index (χ4n) is 1.82. The molecular weight excluding hydrogens is 285 g/mol. The van der Waals surface area contributed by atoms with Crippen LogP contribution < -0.4 is 10.9 Å². The third kappa shape index (κ3) is 2.53. The second-order valence-corrected chi connectivity index (χ2v) is 4.19. The van der Waals surface area contributed by atoms with Gasteiger partial charge in [-0.15, -0.1) is 0 Å². The SMILES string of the molecule is Cn1c(=O)c(C(=O)NCC(=O)O)c(O)c2cc(F)cnc21. The van der Waals surface area contributed by atoms with Crippen LogP contribution in [0.2, 0.25) is 0 Å². The Morgan fingerprint density at radius 1 is 1.48 bits per heavy atom. The lowest BCUT2D eigenvalue weighted by molar-refractivity contribution is -0.135. The van der Waals surface area contributed by atoms with Crippen molar-refractivity contribution in [3.63, 3.8) is 0 Å². The second kappa shape index (κ2) is 5.19. The van der Waals surface area contributed by atoms with Crippen molar-refractivity contribution in [2.45, 2.75) is 0 Å². The average molecular weight is 295 g/mol. The number of aliphatic carboxylic acids is 1. The molecule has 0 aromatic carbocycles. The van der Waals surface area contributed by atoms with Gasteiger partial charge in [0.15, 0.2) is 0 Å². The summed E-state index contributed by atoms with van der Waals surface area (Å²) in [4.78, 5) is 37.9. The molecule has 0 spiro atoms. The van der Waals surface area contributed by atoms with Gasteiger partial charge in [0.05, 0.1) is 11.6 Å². The lowest BCUT2D eigenvalue weighted by atomic mass is 10.1. The monoisotopic (exact) mass is 295 g/mol. The van der Waals surface area contributed by atoms with Gasteiger partial charge in [-0.1, -0.05) is 0 Å². The molecule has 2 aromatic heterocycles. The van der Waals surface area contributed by atoms with Gasteiger partial charge in [-0.05, 0) is 6.07 Å². The number of nitrogens with zero attached hydrogens (tertiary/aromatic N) is 2. The third-order valence-electron chi connectivity index (χ3n) is 2.79. The summed E-state index contributed by atoms with van der Waals surface area (Å²) in [5.41, 5.74) is -1.55. The predicted octanol–water partition coefficient (Wildman–Crippen LogP) is -0.407. The number of fused-ring (bicyclic) bond motifs is 1. The summed E-state index contributed by atoms with van der Waals surface area (Å²) in [5.74, 6) is -3.88. The first-order chi connectivity index (χ1) is 9.82. The van der Waals surface area contributed by atoms with Crippen LogP contribution in [-0.4, -0.2) is 38.2 Å². The molecule has 0 aliphatic rings. The minimum absolute atomic E-state index is 0.00585. The van der Waals surface area contributed by atoms with E-state index in [0.717, 1.165) is 16.8 Å². The minimum Gasteiger partial charge on any atom is -0.506 e. The molecule has 0 saturated carbocycles. The Hall–Kier alpha value is -2.97. The average Bonchev–Trinajstić information content (AvgIpc) is 2.43. The van der Waals surface area contributed by atoms with Crippen LogP contribution >= 0.6 is 0 Å². The lowest BCUT2D eigenvalue weighted by Crippen LogP contribution is -2.35. The van der Waals surface area contributed by atoms with Crippen molar-refractivity contribution < 1.29 is 24.2 Å². The maximum absolute atomic E-state index is 13.2. The number of pyridine rings is 2. The molecule has 0 saturated heterocycles. The molecule has 0 atom stereocenters. The highest BCUT2D eigenvalue weighted by Crippen LogP contribution is 2.25. The Labute approximate surface area is 116 Å². The van der Waals surface area contributed by atoms with E-state index in [9.17, 15) is 23.9 Å². The van der Waals surface area contributed by atoms with E-state index in [1.807, 2.05) is 5.32 Å². The van der Waals surface area contributed by atoms with Crippen molar-refractivity contribution in [3.05, 3.63) is 34.0 Å². The van der Waals surface area contributed by atoms with Crippen molar-refractivity contribution in [2.75, 3.05) is 6.54 Å². The van der Waals surface area contributed by atoms with E-state index in [4.69, 9.17) is 5.11 Å². The first-order valence-corrected chi connectivity index (χ1v) is 5.70. The van der Waals surface area contributed by atoms with Gasteiger partial charge in [0.1, 0.15) is 29.3 Å². The van der Waals surface area contributed by atoms with Crippen molar-refractivity contribution >= 4 is 22.9 Å². The molecule has 1 amide bonds.